The Labute approximate surface area is 125 Å². The van der Waals surface area contributed by atoms with E-state index in [2.05, 4.69) is 4.99 Å². The zero-order valence-corrected chi connectivity index (χ0v) is 12.7. The molecule has 2 N–H and O–H groups in total. The van der Waals surface area contributed by atoms with Crippen LogP contribution in [-0.2, 0) is 9.59 Å². The van der Waals surface area contributed by atoms with Crippen LogP contribution in [0.2, 0.25) is 0 Å². The van der Waals surface area contributed by atoms with E-state index >= 15 is 0 Å². The minimum absolute atomic E-state index is 0.00294. The topological polar surface area (TPSA) is 87.0 Å². The molecule has 1 aliphatic rings. The highest BCUT2D eigenvalue weighted by molar-refractivity contribution is 6.24. The van der Waals surface area contributed by atoms with Crippen LogP contribution in [0.25, 0.3) is 0 Å². The number of unbranched alkanes of at least 4 members (excludes halogenated alkanes) is 2. The maximum absolute atomic E-state index is 12.0. The minimum Gasteiger partial charge on any atom is -0.511 e. The van der Waals surface area contributed by atoms with Crippen molar-refractivity contribution in [1.29, 1.82) is 0 Å². The van der Waals surface area contributed by atoms with Gasteiger partial charge in [0, 0.05) is 31.5 Å². The van der Waals surface area contributed by atoms with Gasteiger partial charge in [0.1, 0.15) is 5.76 Å². The van der Waals surface area contributed by atoms with Gasteiger partial charge in [-0.2, -0.15) is 0 Å². The summed E-state index contributed by atoms with van der Waals surface area (Å²) in [5.74, 6) is -0.599. The molecule has 0 unspecified atom stereocenters. The first-order valence-corrected chi connectivity index (χ1v) is 7.77. The molecule has 5 nitrogen and oxygen atoms in total. The average Bonchev–Trinajstić information content (AvgIpc) is 2.42. The summed E-state index contributed by atoms with van der Waals surface area (Å²) >= 11 is 0. The number of carboxylic acids is 1. The molecule has 1 saturated carbocycles. The van der Waals surface area contributed by atoms with Crippen molar-refractivity contribution in [3.05, 3.63) is 11.3 Å². The number of Topliss-reactive ketones (excluding diaryl/α,β-unsaturated/α-hetero) is 1. The van der Waals surface area contributed by atoms with Gasteiger partial charge in [-0.15, -0.1) is 0 Å². The van der Waals surface area contributed by atoms with Gasteiger partial charge in [0.2, 0.25) is 0 Å². The van der Waals surface area contributed by atoms with Crippen LogP contribution in [0.4, 0.5) is 0 Å². The number of allylic oxidation sites excluding steroid dienone is 2. The van der Waals surface area contributed by atoms with E-state index < -0.39 is 5.97 Å². The van der Waals surface area contributed by atoms with Gasteiger partial charge in [0.25, 0.3) is 0 Å². The molecule has 0 amide bonds. The fourth-order valence-corrected chi connectivity index (χ4v) is 2.45. The van der Waals surface area contributed by atoms with Crippen LogP contribution >= 0.6 is 0 Å². The molecule has 1 fully saturated rings. The second kappa shape index (κ2) is 9.32. The van der Waals surface area contributed by atoms with Crippen molar-refractivity contribution in [2.24, 2.45) is 4.99 Å². The molecule has 0 aromatic rings. The predicted molar refractivity (Wildman–Crippen MR) is 81.8 cm³/mol. The third-order valence-electron chi connectivity index (χ3n) is 3.51. The summed E-state index contributed by atoms with van der Waals surface area (Å²) in [6.07, 6.45) is 5.80. The van der Waals surface area contributed by atoms with Crippen LogP contribution < -0.4 is 0 Å². The number of aliphatic hydroxyl groups excluding tert-OH is 1. The quantitative estimate of drug-likeness (QED) is 0.408. The number of aliphatic carboxylic acids is 1. The summed E-state index contributed by atoms with van der Waals surface area (Å²) in [4.78, 5) is 26.8. The van der Waals surface area contributed by atoms with Gasteiger partial charge < -0.3 is 10.2 Å². The maximum Gasteiger partial charge on any atom is 0.303 e. The lowest BCUT2D eigenvalue weighted by atomic mass is 9.89. The molecule has 0 spiro atoms. The lowest BCUT2D eigenvalue weighted by Gasteiger charge is -2.17. The van der Waals surface area contributed by atoms with Crippen LogP contribution in [0.1, 0.15) is 64.7 Å². The fourth-order valence-electron chi connectivity index (χ4n) is 2.45. The first kappa shape index (κ1) is 17.4. The van der Waals surface area contributed by atoms with E-state index in [4.69, 9.17) is 5.11 Å². The number of carboxylic acid groups (broad SMARTS) is 1. The summed E-state index contributed by atoms with van der Waals surface area (Å²) in [6, 6.07) is 0. The van der Waals surface area contributed by atoms with Gasteiger partial charge in [0.05, 0.1) is 5.57 Å². The van der Waals surface area contributed by atoms with E-state index in [1.165, 1.54) is 0 Å². The van der Waals surface area contributed by atoms with Gasteiger partial charge in [-0.05, 0) is 32.1 Å². The van der Waals surface area contributed by atoms with E-state index in [9.17, 15) is 14.7 Å². The zero-order valence-electron chi connectivity index (χ0n) is 12.7. The molecular weight excluding hydrogens is 270 g/mol. The highest BCUT2D eigenvalue weighted by Crippen LogP contribution is 2.22. The Hall–Kier alpha value is -1.65. The van der Waals surface area contributed by atoms with E-state index in [-0.39, 0.29) is 18.0 Å². The fraction of sp³-hybridized carbons (Fsp3) is 0.688. The number of ketones is 1. The Morgan fingerprint density at radius 2 is 1.90 bits per heavy atom. The Bertz CT molecular complexity index is 438. The number of nitrogens with zero attached hydrogens (tertiary/aromatic N) is 1. The van der Waals surface area contributed by atoms with Crippen LogP contribution in [0.3, 0.4) is 0 Å². The molecule has 118 valence electrons. The number of hydrogen-bond acceptors (Lipinski definition) is 4. The van der Waals surface area contributed by atoms with Crippen molar-refractivity contribution < 1.29 is 19.8 Å². The van der Waals surface area contributed by atoms with Crippen molar-refractivity contribution in [1.82, 2.24) is 0 Å². The second-order valence-electron chi connectivity index (χ2n) is 5.38. The number of carbonyl (C=O) groups excluding carboxylic acids is 1. The highest BCUT2D eigenvalue weighted by atomic mass is 16.4. The molecule has 0 aromatic carbocycles. The SMILES string of the molecule is CCC/C(O)=C1\C(=O)CCCC1=NCCCCCC(=O)O. The van der Waals surface area contributed by atoms with Crippen molar-refractivity contribution in [2.75, 3.05) is 6.54 Å². The smallest absolute Gasteiger partial charge is 0.303 e. The molecule has 0 radical (unpaired) electrons. The molecule has 5 heteroatoms. The molecule has 1 rings (SSSR count). The number of aliphatic imine (C=N–C) groups is 1. The molecule has 21 heavy (non-hydrogen) atoms. The molecule has 0 atom stereocenters. The maximum atomic E-state index is 12.0. The molecule has 0 heterocycles. The van der Waals surface area contributed by atoms with Crippen LogP contribution in [0.5, 0.6) is 0 Å². The predicted octanol–water partition coefficient (Wildman–Crippen LogP) is 3.44. The Morgan fingerprint density at radius 3 is 2.57 bits per heavy atom. The average molecular weight is 295 g/mol. The van der Waals surface area contributed by atoms with Crippen molar-refractivity contribution in [2.45, 2.75) is 64.7 Å². The van der Waals surface area contributed by atoms with Crippen LogP contribution in [0, 0.1) is 0 Å². The van der Waals surface area contributed by atoms with Gasteiger partial charge in [-0.25, -0.2) is 0 Å². The second-order valence-corrected chi connectivity index (χ2v) is 5.38. The van der Waals surface area contributed by atoms with Crippen molar-refractivity contribution in [3.8, 4) is 0 Å². The van der Waals surface area contributed by atoms with Gasteiger partial charge in [0.15, 0.2) is 5.78 Å². The molecule has 0 aromatic heterocycles. The number of hydrogen-bond donors (Lipinski definition) is 2. The molecular formula is C16H25NO4. The number of aliphatic hydroxyl groups is 1. The third kappa shape index (κ3) is 6.10. The number of carbonyl (C=O) groups is 2. The van der Waals surface area contributed by atoms with Gasteiger partial charge in [-0.1, -0.05) is 13.3 Å². The van der Waals surface area contributed by atoms with Crippen LogP contribution in [-0.4, -0.2) is 34.2 Å². The van der Waals surface area contributed by atoms with E-state index in [0.29, 0.717) is 31.4 Å². The highest BCUT2D eigenvalue weighted by Gasteiger charge is 2.24. The molecule has 1 aliphatic carbocycles. The van der Waals surface area contributed by atoms with E-state index in [1.807, 2.05) is 6.92 Å². The largest absolute Gasteiger partial charge is 0.511 e. The monoisotopic (exact) mass is 295 g/mol. The van der Waals surface area contributed by atoms with Crippen molar-refractivity contribution in [3.63, 3.8) is 0 Å². The Morgan fingerprint density at radius 1 is 1.14 bits per heavy atom. The van der Waals surface area contributed by atoms with Crippen LogP contribution in [0.15, 0.2) is 16.3 Å². The summed E-state index contributed by atoms with van der Waals surface area (Å²) in [5.41, 5.74) is 1.17. The summed E-state index contributed by atoms with van der Waals surface area (Å²) < 4.78 is 0. The summed E-state index contributed by atoms with van der Waals surface area (Å²) in [7, 11) is 0. The Balaban J connectivity index is 2.56. The number of rotatable bonds is 8. The third-order valence-corrected chi connectivity index (χ3v) is 3.51. The van der Waals surface area contributed by atoms with Crippen molar-refractivity contribution >= 4 is 17.5 Å². The molecule has 0 saturated heterocycles. The normalized spacial score (nSPS) is 19.9. The van der Waals surface area contributed by atoms with Gasteiger partial charge >= 0.3 is 5.97 Å². The summed E-state index contributed by atoms with van der Waals surface area (Å²) in [5, 5.41) is 18.6. The minimum atomic E-state index is -0.770. The molecule has 0 aliphatic heterocycles. The molecule has 0 bridgehead atoms. The van der Waals surface area contributed by atoms with Gasteiger partial charge in [-0.3, -0.25) is 14.6 Å². The zero-order chi connectivity index (χ0) is 15.7. The summed E-state index contributed by atoms with van der Waals surface area (Å²) in [6.45, 7) is 2.55. The van der Waals surface area contributed by atoms with E-state index in [1.54, 1.807) is 0 Å². The standard InChI is InChI=1S/C16H25NO4/c1-2-7-13(18)16-12(8-6-9-14(16)19)17-11-5-3-4-10-15(20)21/h18H,2-11H2,1H3,(H,20,21)/b16-13+,17-12?. The first-order valence-electron chi connectivity index (χ1n) is 7.77. The Kier molecular flexibility index (Phi) is 7.72. The van der Waals surface area contributed by atoms with E-state index in [0.717, 1.165) is 37.8 Å². The first-order chi connectivity index (χ1) is 10.1. The lowest BCUT2D eigenvalue weighted by molar-refractivity contribution is -0.137. The lowest BCUT2D eigenvalue weighted by Crippen LogP contribution is -2.21.